The second kappa shape index (κ2) is 10.2. The Morgan fingerprint density at radius 2 is 1.35 bits per heavy atom. The molecule has 0 saturated heterocycles. The zero-order chi connectivity index (χ0) is 15.5. The van der Waals surface area contributed by atoms with E-state index in [1.54, 1.807) is 0 Å². The molecule has 0 spiro atoms. The zero-order valence-electron chi connectivity index (χ0n) is 12.6. The van der Waals surface area contributed by atoms with Crippen LogP contribution in [-0.4, -0.2) is 36.7 Å². The summed E-state index contributed by atoms with van der Waals surface area (Å²) in [6.07, 6.45) is 2.12. The SMILES string of the molecule is CC[C@@H](CCCC(COC(C)=O)OC(C)=O)OC(C)=O. The average Bonchev–Trinajstić information content (AvgIpc) is 2.33. The molecule has 0 aliphatic rings. The third-order valence-corrected chi connectivity index (χ3v) is 2.65. The Balaban J connectivity index is 4.12. The highest BCUT2D eigenvalue weighted by Gasteiger charge is 2.16. The lowest BCUT2D eigenvalue weighted by molar-refractivity contribution is -0.156. The molecular formula is C14H24O6. The summed E-state index contributed by atoms with van der Waals surface area (Å²) in [5.74, 6) is -1.11. The predicted octanol–water partition coefficient (Wildman–Crippen LogP) is 1.99. The Labute approximate surface area is 119 Å². The fourth-order valence-corrected chi connectivity index (χ4v) is 1.78. The summed E-state index contributed by atoms with van der Waals surface area (Å²) in [5, 5.41) is 0. The van der Waals surface area contributed by atoms with Crippen LogP contribution in [0.3, 0.4) is 0 Å². The van der Waals surface area contributed by atoms with Crippen molar-refractivity contribution < 1.29 is 28.6 Å². The molecule has 0 amide bonds. The Hall–Kier alpha value is -1.59. The number of hydrogen-bond acceptors (Lipinski definition) is 6. The minimum atomic E-state index is -0.453. The monoisotopic (exact) mass is 288 g/mol. The van der Waals surface area contributed by atoms with Gasteiger partial charge in [-0.25, -0.2) is 0 Å². The first-order valence-electron chi connectivity index (χ1n) is 6.82. The molecule has 0 aliphatic carbocycles. The van der Waals surface area contributed by atoms with Crippen molar-refractivity contribution in [2.75, 3.05) is 6.61 Å². The molecule has 0 heterocycles. The van der Waals surface area contributed by atoms with E-state index in [0.717, 1.165) is 6.42 Å². The molecule has 1 unspecified atom stereocenters. The van der Waals surface area contributed by atoms with Gasteiger partial charge in [-0.3, -0.25) is 14.4 Å². The van der Waals surface area contributed by atoms with E-state index in [1.165, 1.54) is 20.8 Å². The van der Waals surface area contributed by atoms with Crippen LogP contribution < -0.4 is 0 Å². The second-order valence-electron chi connectivity index (χ2n) is 4.60. The number of carbonyl (C=O) groups is 3. The van der Waals surface area contributed by atoms with Crippen molar-refractivity contribution in [3.63, 3.8) is 0 Å². The molecule has 0 bridgehead atoms. The highest BCUT2D eigenvalue weighted by molar-refractivity contribution is 5.67. The van der Waals surface area contributed by atoms with Gasteiger partial charge in [-0.1, -0.05) is 6.92 Å². The van der Waals surface area contributed by atoms with E-state index in [9.17, 15) is 14.4 Å². The maximum atomic E-state index is 11.0. The van der Waals surface area contributed by atoms with Gasteiger partial charge in [0.05, 0.1) is 0 Å². The van der Waals surface area contributed by atoms with Crippen LogP contribution in [0.5, 0.6) is 0 Å². The minimum Gasteiger partial charge on any atom is -0.463 e. The van der Waals surface area contributed by atoms with E-state index in [2.05, 4.69) is 0 Å². The van der Waals surface area contributed by atoms with Crippen LogP contribution in [0.1, 0.15) is 53.4 Å². The van der Waals surface area contributed by atoms with Crippen LogP contribution in [0.2, 0.25) is 0 Å². The smallest absolute Gasteiger partial charge is 0.303 e. The van der Waals surface area contributed by atoms with E-state index in [1.807, 2.05) is 6.92 Å². The lowest BCUT2D eigenvalue weighted by Crippen LogP contribution is -2.24. The van der Waals surface area contributed by atoms with Crippen molar-refractivity contribution in [3.05, 3.63) is 0 Å². The highest BCUT2D eigenvalue weighted by Crippen LogP contribution is 2.13. The molecule has 6 heteroatoms. The first kappa shape index (κ1) is 18.4. The van der Waals surface area contributed by atoms with Crippen LogP contribution in [-0.2, 0) is 28.6 Å². The number of ether oxygens (including phenoxy) is 3. The maximum Gasteiger partial charge on any atom is 0.303 e. The molecule has 0 saturated carbocycles. The molecule has 2 atom stereocenters. The van der Waals surface area contributed by atoms with Gasteiger partial charge in [-0.15, -0.1) is 0 Å². The maximum absolute atomic E-state index is 11.0. The van der Waals surface area contributed by atoms with Crippen LogP contribution in [0.25, 0.3) is 0 Å². The van der Waals surface area contributed by atoms with Crippen molar-refractivity contribution in [3.8, 4) is 0 Å². The first-order chi connectivity index (χ1) is 9.35. The third-order valence-electron chi connectivity index (χ3n) is 2.65. The largest absolute Gasteiger partial charge is 0.463 e. The van der Waals surface area contributed by atoms with Gasteiger partial charge in [0, 0.05) is 20.8 Å². The summed E-state index contributed by atoms with van der Waals surface area (Å²) >= 11 is 0. The molecule has 0 aromatic carbocycles. The number of esters is 3. The van der Waals surface area contributed by atoms with Gasteiger partial charge in [0.25, 0.3) is 0 Å². The summed E-state index contributed by atoms with van der Waals surface area (Å²) in [6, 6.07) is 0. The fraction of sp³-hybridized carbons (Fsp3) is 0.786. The Kier molecular flexibility index (Phi) is 9.41. The molecule has 0 radical (unpaired) electrons. The minimum absolute atomic E-state index is 0.0548. The van der Waals surface area contributed by atoms with Crippen molar-refractivity contribution >= 4 is 17.9 Å². The van der Waals surface area contributed by atoms with E-state index < -0.39 is 18.0 Å². The van der Waals surface area contributed by atoms with Gasteiger partial charge in [0.15, 0.2) is 0 Å². The number of carbonyl (C=O) groups excluding carboxylic acids is 3. The van der Waals surface area contributed by atoms with Crippen LogP contribution in [0.15, 0.2) is 0 Å². The molecular weight excluding hydrogens is 264 g/mol. The van der Waals surface area contributed by atoms with Crippen molar-refractivity contribution in [1.82, 2.24) is 0 Å². The van der Waals surface area contributed by atoms with Gasteiger partial charge in [-0.05, 0) is 25.7 Å². The molecule has 116 valence electrons. The normalized spacial score (nSPS) is 13.2. The highest BCUT2D eigenvalue weighted by atomic mass is 16.6. The van der Waals surface area contributed by atoms with E-state index in [-0.39, 0.29) is 18.7 Å². The van der Waals surface area contributed by atoms with Gasteiger partial charge in [0.2, 0.25) is 0 Å². The van der Waals surface area contributed by atoms with E-state index >= 15 is 0 Å². The van der Waals surface area contributed by atoms with Crippen molar-refractivity contribution in [2.24, 2.45) is 0 Å². The molecule has 0 aliphatic heterocycles. The fourth-order valence-electron chi connectivity index (χ4n) is 1.78. The van der Waals surface area contributed by atoms with Crippen molar-refractivity contribution in [1.29, 1.82) is 0 Å². The third kappa shape index (κ3) is 10.3. The number of hydrogen-bond donors (Lipinski definition) is 0. The molecule has 6 nitrogen and oxygen atoms in total. The van der Waals surface area contributed by atoms with Crippen LogP contribution in [0.4, 0.5) is 0 Å². The zero-order valence-corrected chi connectivity index (χ0v) is 12.6. The topological polar surface area (TPSA) is 78.9 Å². The summed E-state index contributed by atoms with van der Waals surface area (Å²) in [6.45, 7) is 5.99. The van der Waals surface area contributed by atoms with Gasteiger partial charge in [0.1, 0.15) is 18.8 Å². The molecule has 0 fully saturated rings. The predicted molar refractivity (Wildman–Crippen MR) is 71.9 cm³/mol. The van der Waals surface area contributed by atoms with Gasteiger partial charge >= 0.3 is 17.9 Å². The standard InChI is InChI=1S/C14H24O6/c1-5-13(19-11(3)16)7-6-8-14(20-12(4)17)9-18-10(2)15/h13-14H,5-9H2,1-4H3/t13-,14?/m0/s1. The summed E-state index contributed by atoms with van der Waals surface area (Å²) < 4.78 is 15.1. The first-order valence-corrected chi connectivity index (χ1v) is 6.82. The van der Waals surface area contributed by atoms with Crippen molar-refractivity contribution in [2.45, 2.75) is 65.6 Å². The molecule has 0 aromatic rings. The second-order valence-corrected chi connectivity index (χ2v) is 4.60. The molecule has 0 N–H and O–H groups in total. The number of rotatable bonds is 9. The average molecular weight is 288 g/mol. The van der Waals surface area contributed by atoms with Gasteiger partial charge < -0.3 is 14.2 Å². The van der Waals surface area contributed by atoms with E-state index in [0.29, 0.717) is 19.3 Å². The van der Waals surface area contributed by atoms with Gasteiger partial charge in [-0.2, -0.15) is 0 Å². The van der Waals surface area contributed by atoms with E-state index in [4.69, 9.17) is 14.2 Å². The molecule has 0 rings (SSSR count). The Bertz CT molecular complexity index is 326. The Morgan fingerprint density at radius 3 is 1.80 bits per heavy atom. The van der Waals surface area contributed by atoms with Crippen LogP contribution >= 0.6 is 0 Å². The molecule has 0 aromatic heterocycles. The molecule has 20 heavy (non-hydrogen) atoms. The quantitative estimate of drug-likeness (QED) is 0.477. The lowest BCUT2D eigenvalue weighted by Gasteiger charge is -2.19. The lowest BCUT2D eigenvalue weighted by atomic mass is 10.1. The Morgan fingerprint density at radius 1 is 0.850 bits per heavy atom. The summed E-state index contributed by atoms with van der Waals surface area (Å²) in [7, 11) is 0. The van der Waals surface area contributed by atoms with Crippen LogP contribution in [0, 0.1) is 0 Å². The summed E-state index contributed by atoms with van der Waals surface area (Å²) in [4.78, 5) is 32.6. The summed E-state index contributed by atoms with van der Waals surface area (Å²) in [5.41, 5.74) is 0.